The van der Waals surface area contributed by atoms with Crippen molar-refractivity contribution in [1.82, 2.24) is 0 Å². The molecule has 1 aliphatic heterocycles. The van der Waals surface area contributed by atoms with Crippen molar-refractivity contribution in [2.45, 2.75) is 12.8 Å². The number of hydrogen-bond donors (Lipinski definition) is 1. The third-order valence-electron chi connectivity index (χ3n) is 3.27. The van der Waals surface area contributed by atoms with Gasteiger partial charge in [-0.2, -0.15) is 0 Å². The Morgan fingerprint density at radius 3 is 2.44 bits per heavy atom. The van der Waals surface area contributed by atoms with E-state index < -0.39 is 0 Å². The van der Waals surface area contributed by atoms with Crippen molar-refractivity contribution in [3.05, 3.63) is 34.7 Å². The van der Waals surface area contributed by atoms with Gasteiger partial charge in [-0.3, -0.25) is 4.79 Å². The minimum Gasteiger partial charge on any atom is -0.371 e. The number of carbonyl (C=O) groups is 1. The SMILES string of the molecule is [N-]=[N+]=Nc1ccc(N2CCC(C(N)=O)CC2)cc1. The van der Waals surface area contributed by atoms with E-state index in [0.29, 0.717) is 5.69 Å². The highest BCUT2D eigenvalue weighted by molar-refractivity contribution is 5.77. The minimum absolute atomic E-state index is 0.00344. The zero-order chi connectivity index (χ0) is 13.0. The number of anilines is 1. The molecule has 1 saturated heterocycles. The Morgan fingerprint density at radius 1 is 1.33 bits per heavy atom. The molecule has 1 aromatic carbocycles. The summed E-state index contributed by atoms with van der Waals surface area (Å²) >= 11 is 0. The van der Waals surface area contributed by atoms with Crippen LogP contribution in [0.5, 0.6) is 0 Å². The molecule has 2 rings (SSSR count). The molecule has 0 bridgehead atoms. The summed E-state index contributed by atoms with van der Waals surface area (Å²) in [4.78, 5) is 16.0. The Labute approximate surface area is 105 Å². The van der Waals surface area contributed by atoms with Crippen molar-refractivity contribution >= 4 is 17.3 Å². The van der Waals surface area contributed by atoms with Crippen LogP contribution in [0.4, 0.5) is 11.4 Å². The molecule has 0 spiro atoms. The molecule has 0 aromatic heterocycles. The Bertz CT molecular complexity index is 470. The molecular weight excluding hydrogens is 230 g/mol. The Kier molecular flexibility index (Phi) is 3.69. The van der Waals surface area contributed by atoms with E-state index in [1.807, 2.05) is 12.1 Å². The largest absolute Gasteiger partial charge is 0.371 e. The van der Waals surface area contributed by atoms with Gasteiger partial charge in [0.2, 0.25) is 5.91 Å². The molecule has 6 heteroatoms. The van der Waals surface area contributed by atoms with E-state index in [0.717, 1.165) is 31.6 Å². The van der Waals surface area contributed by atoms with Crippen LogP contribution in [0.3, 0.4) is 0 Å². The summed E-state index contributed by atoms with van der Waals surface area (Å²) < 4.78 is 0. The van der Waals surface area contributed by atoms with Gasteiger partial charge in [0, 0.05) is 35.3 Å². The van der Waals surface area contributed by atoms with Gasteiger partial charge in [0.05, 0.1) is 0 Å². The molecule has 0 radical (unpaired) electrons. The topological polar surface area (TPSA) is 95.1 Å². The normalized spacial score (nSPS) is 16.1. The molecule has 0 aliphatic carbocycles. The zero-order valence-electron chi connectivity index (χ0n) is 9.99. The highest BCUT2D eigenvalue weighted by atomic mass is 16.1. The average Bonchev–Trinajstić information content (AvgIpc) is 2.40. The summed E-state index contributed by atoms with van der Waals surface area (Å²) in [6.07, 6.45) is 1.60. The Balaban J connectivity index is 2.01. The second kappa shape index (κ2) is 5.42. The van der Waals surface area contributed by atoms with Crippen LogP contribution in [0.1, 0.15) is 12.8 Å². The fraction of sp³-hybridized carbons (Fsp3) is 0.417. The number of azide groups is 1. The van der Waals surface area contributed by atoms with E-state index in [-0.39, 0.29) is 11.8 Å². The maximum absolute atomic E-state index is 11.1. The van der Waals surface area contributed by atoms with Gasteiger partial charge in [-0.05, 0) is 30.5 Å². The average molecular weight is 245 g/mol. The van der Waals surface area contributed by atoms with Crippen LogP contribution < -0.4 is 10.6 Å². The number of nitrogens with zero attached hydrogens (tertiary/aromatic N) is 4. The summed E-state index contributed by atoms with van der Waals surface area (Å²) in [7, 11) is 0. The van der Waals surface area contributed by atoms with Crippen molar-refractivity contribution in [1.29, 1.82) is 0 Å². The number of rotatable bonds is 3. The number of amides is 1. The Hall–Kier alpha value is -2.20. The molecule has 94 valence electrons. The third-order valence-corrected chi connectivity index (χ3v) is 3.27. The van der Waals surface area contributed by atoms with Crippen LogP contribution in [-0.4, -0.2) is 19.0 Å². The smallest absolute Gasteiger partial charge is 0.220 e. The number of benzene rings is 1. The van der Waals surface area contributed by atoms with E-state index in [1.165, 1.54) is 0 Å². The fourth-order valence-electron chi connectivity index (χ4n) is 2.20. The van der Waals surface area contributed by atoms with Crippen LogP contribution in [-0.2, 0) is 4.79 Å². The summed E-state index contributed by atoms with van der Waals surface area (Å²) in [5.74, 6) is -0.197. The summed E-state index contributed by atoms with van der Waals surface area (Å²) in [6.45, 7) is 1.66. The quantitative estimate of drug-likeness (QED) is 0.502. The predicted octanol–water partition coefficient (Wildman–Crippen LogP) is 2.33. The molecule has 1 heterocycles. The molecule has 6 nitrogen and oxygen atoms in total. The van der Waals surface area contributed by atoms with Gasteiger partial charge in [0.25, 0.3) is 0 Å². The van der Waals surface area contributed by atoms with Gasteiger partial charge in [0.1, 0.15) is 0 Å². The molecular formula is C12H15N5O. The summed E-state index contributed by atoms with van der Waals surface area (Å²) in [5.41, 5.74) is 15.3. The van der Waals surface area contributed by atoms with Gasteiger partial charge in [-0.1, -0.05) is 17.2 Å². The first kappa shape index (κ1) is 12.3. The second-order valence-electron chi connectivity index (χ2n) is 4.37. The number of primary amides is 1. The van der Waals surface area contributed by atoms with Crippen LogP contribution in [0.2, 0.25) is 0 Å². The molecule has 1 amide bonds. The first-order chi connectivity index (χ1) is 8.70. The zero-order valence-corrected chi connectivity index (χ0v) is 9.99. The van der Waals surface area contributed by atoms with Crippen LogP contribution >= 0.6 is 0 Å². The lowest BCUT2D eigenvalue weighted by Crippen LogP contribution is -2.38. The van der Waals surface area contributed by atoms with Crippen LogP contribution in [0, 0.1) is 5.92 Å². The molecule has 1 fully saturated rings. The molecule has 1 aromatic rings. The molecule has 0 saturated carbocycles. The lowest BCUT2D eigenvalue weighted by molar-refractivity contribution is -0.122. The van der Waals surface area contributed by atoms with Crippen LogP contribution in [0.25, 0.3) is 10.4 Å². The fourth-order valence-corrected chi connectivity index (χ4v) is 2.20. The second-order valence-corrected chi connectivity index (χ2v) is 4.37. The van der Waals surface area contributed by atoms with Gasteiger partial charge >= 0.3 is 0 Å². The lowest BCUT2D eigenvalue weighted by Gasteiger charge is -2.32. The van der Waals surface area contributed by atoms with E-state index >= 15 is 0 Å². The third kappa shape index (κ3) is 2.73. The van der Waals surface area contributed by atoms with E-state index in [9.17, 15) is 4.79 Å². The van der Waals surface area contributed by atoms with Crippen molar-refractivity contribution < 1.29 is 4.79 Å². The number of nitrogens with two attached hydrogens (primary N) is 1. The highest BCUT2D eigenvalue weighted by Gasteiger charge is 2.22. The van der Waals surface area contributed by atoms with Gasteiger partial charge in [-0.25, -0.2) is 0 Å². The van der Waals surface area contributed by atoms with Gasteiger partial charge in [-0.15, -0.1) is 0 Å². The van der Waals surface area contributed by atoms with Gasteiger partial charge in [0.15, 0.2) is 0 Å². The lowest BCUT2D eigenvalue weighted by atomic mass is 9.96. The summed E-state index contributed by atoms with van der Waals surface area (Å²) in [6, 6.07) is 7.42. The molecule has 1 aliphatic rings. The Morgan fingerprint density at radius 2 is 1.94 bits per heavy atom. The first-order valence-corrected chi connectivity index (χ1v) is 5.90. The number of piperidine rings is 1. The maximum atomic E-state index is 11.1. The van der Waals surface area contributed by atoms with Crippen molar-refractivity contribution in [2.75, 3.05) is 18.0 Å². The molecule has 2 N–H and O–H groups in total. The monoisotopic (exact) mass is 245 g/mol. The van der Waals surface area contributed by atoms with E-state index in [2.05, 4.69) is 14.9 Å². The molecule has 18 heavy (non-hydrogen) atoms. The van der Waals surface area contributed by atoms with Crippen molar-refractivity contribution in [2.24, 2.45) is 16.8 Å². The molecule has 0 unspecified atom stereocenters. The van der Waals surface area contributed by atoms with Crippen molar-refractivity contribution in [3.63, 3.8) is 0 Å². The van der Waals surface area contributed by atoms with E-state index in [4.69, 9.17) is 11.3 Å². The van der Waals surface area contributed by atoms with Crippen LogP contribution in [0.15, 0.2) is 29.4 Å². The highest BCUT2D eigenvalue weighted by Crippen LogP contribution is 2.25. The number of carbonyl (C=O) groups excluding carboxylic acids is 1. The standard InChI is InChI=1S/C12H15N5O/c13-12(18)9-5-7-17(8-6-9)11-3-1-10(2-4-11)15-16-14/h1-4,9H,5-8H2,(H2,13,18). The van der Waals surface area contributed by atoms with Gasteiger partial charge < -0.3 is 10.6 Å². The predicted molar refractivity (Wildman–Crippen MR) is 69.4 cm³/mol. The van der Waals surface area contributed by atoms with Crippen molar-refractivity contribution in [3.8, 4) is 0 Å². The first-order valence-electron chi connectivity index (χ1n) is 5.90. The minimum atomic E-state index is -0.201. The molecule has 0 atom stereocenters. The van der Waals surface area contributed by atoms with E-state index in [1.54, 1.807) is 12.1 Å². The maximum Gasteiger partial charge on any atom is 0.220 e. The summed E-state index contributed by atoms with van der Waals surface area (Å²) in [5, 5.41) is 3.53. The number of hydrogen-bond acceptors (Lipinski definition) is 3.